The van der Waals surface area contributed by atoms with Crippen molar-refractivity contribution in [1.29, 1.82) is 0 Å². The van der Waals surface area contributed by atoms with Crippen LogP contribution in [0.3, 0.4) is 0 Å². The Morgan fingerprint density at radius 1 is 1.24 bits per heavy atom. The summed E-state index contributed by atoms with van der Waals surface area (Å²) >= 11 is 11.4. The number of aliphatic carboxylic acids is 1. The minimum Gasteiger partial charge on any atom is -0.481 e. The SMILES string of the molecule is O=C(O)CCCC(=O)Nc1c(Cl)ncnc1Cl. The summed E-state index contributed by atoms with van der Waals surface area (Å²) in [5.74, 6) is -1.33. The molecule has 8 heteroatoms. The van der Waals surface area contributed by atoms with Gasteiger partial charge in [-0.25, -0.2) is 9.97 Å². The summed E-state index contributed by atoms with van der Waals surface area (Å²) in [5, 5.41) is 10.9. The molecule has 2 N–H and O–H groups in total. The number of rotatable bonds is 5. The molecule has 0 unspecified atom stereocenters. The lowest BCUT2D eigenvalue weighted by atomic mass is 10.2. The minimum atomic E-state index is -0.947. The standard InChI is InChI=1S/C9H9Cl2N3O3/c10-8-7(9(11)13-4-12-8)14-5(15)2-1-3-6(16)17/h4H,1-3H2,(H,14,15)(H,16,17). The first kappa shape index (κ1) is 13.7. The Kier molecular flexibility index (Phi) is 5.11. The maximum atomic E-state index is 11.4. The number of anilines is 1. The molecule has 1 aromatic rings. The maximum Gasteiger partial charge on any atom is 0.303 e. The Bertz CT molecular complexity index is 419. The summed E-state index contributed by atoms with van der Waals surface area (Å²) in [6.45, 7) is 0. The number of amides is 1. The number of nitrogens with one attached hydrogen (secondary N) is 1. The topological polar surface area (TPSA) is 92.2 Å². The third kappa shape index (κ3) is 4.54. The molecule has 0 aromatic carbocycles. The van der Waals surface area contributed by atoms with Crippen molar-refractivity contribution in [2.24, 2.45) is 0 Å². The maximum absolute atomic E-state index is 11.4. The third-order valence-corrected chi connectivity index (χ3v) is 2.39. The van der Waals surface area contributed by atoms with Crippen molar-refractivity contribution in [3.8, 4) is 0 Å². The molecule has 0 saturated carbocycles. The molecule has 0 aliphatic rings. The second kappa shape index (κ2) is 6.36. The van der Waals surface area contributed by atoms with Crippen molar-refractivity contribution in [2.75, 3.05) is 5.32 Å². The Hall–Kier alpha value is -1.40. The largest absolute Gasteiger partial charge is 0.481 e. The normalized spacial score (nSPS) is 10.0. The van der Waals surface area contributed by atoms with Crippen molar-refractivity contribution in [3.63, 3.8) is 0 Å². The first-order valence-corrected chi connectivity index (χ1v) is 5.44. The van der Waals surface area contributed by atoms with Crippen LogP contribution in [-0.4, -0.2) is 27.0 Å². The summed E-state index contributed by atoms with van der Waals surface area (Å²) in [5.41, 5.74) is 0.135. The van der Waals surface area contributed by atoms with Crippen LogP contribution in [0, 0.1) is 0 Å². The molecule has 0 saturated heterocycles. The average Bonchev–Trinajstić information content (AvgIpc) is 2.23. The van der Waals surface area contributed by atoms with E-state index in [-0.39, 0.29) is 41.2 Å². The van der Waals surface area contributed by atoms with Crippen LogP contribution in [0.2, 0.25) is 10.3 Å². The van der Waals surface area contributed by atoms with Crippen molar-refractivity contribution in [2.45, 2.75) is 19.3 Å². The van der Waals surface area contributed by atoms with Crippen molar-refractivity contribution < 1.29 is 14.7 Å². The van der Waals surface area contributed by atoms with Gasteiger partial charge in [-0.3, -0.25) is 9.59 Å². The molecule has 6 nitrogen and oxygen atoms in total. The third-order valence-electron chi connectivity index (χ3n) is 1.81. The minimum absolute atomic E-state index is 0.0385. The van der Waals surface area contributed by atoms with Crippen LogP contribution in [0.15, 0.2) is 6.33 Å². The van der Waals surface area contributed by atoms with Crippen LogP contribution in [0.5, 0.6) is 0 Å². The first-order chi connectivity index (χ1) is 8.00. The quantitative estimate of drug-likeness (QED) is 0.803. The highest BCUT2D eigenvalue weighted by molar-refractivity contribution is 6.38. The zero-order valence-corrected chi connectivity index (χ0v) is 10.1. The van der Waals surface area contributed by atoms with Crippen molar-refractivity contribution >= 4 is 40.8 Å². The van der Waals surface area contributed by atoms with E-state index in [1.165, 1.54) is 6.33 Å². The number of aromatic nitrogens is 2. The monoisotopic (exact) mass is 277 g/mol. The van der Waals surface area contributed by atoms with E-state index in [1.807, 2.05) is 0 Å². The molecule has 0 fully saturated rings. The molecule has 1 rings (SSSR count). The smallest absolute Gasteiger partial charge is 0.303 e. The summed E-state index contributed by atoms with van der Waals surface area (Å²) < 4.78 is 0. The van der Waals surface area contributed by atoms with Gasteiger partial charge in [0, 0.05) is 12.8 Å². The van der Waals surface area contributed by atoms with Gasteiger partial charge in [0.25, 0.3) is 0 Å². The highest BCUT2D eigenvalue weighted by Crippen LogP contribution is 2.25. The van der Waals surface area contributed by atoms with E-state index in [4.69, 9.17) is 28.3 Å². The lowest BCUT2D eigenvalue weighted by Crippen LogP contribution is -2.13. The van der Waals surface area contributed by atoms with Crippen LogP contribution >= 0.6 is 23.2 Å². The number of carboxylic acid groups (broad SMARTS) is 1. The molecule has 17 heavy (non-hydrogen) atoms. The van der Waals surface area contributed by atoms with Crippen molar-refractivity contribution in [1.82, 2.24) is 9.97 Å². The number of nitrogens with zero attached hydrogens (tertiary/aromatic N) is 2. The molecule has 0 radical (unpaired) electrons. The van der Waals surface area contributed by atoms with Gasteiger partial charge in [0.2, 0.25) is 5.91 Å². The number of hydrogen-bond donors (Lipinski definition) is 2. The summed E-state index contributed by atoms with van der Waals surface area (Å²) in [4.78, 5) is 29.0. The number of carbonyl (C=O) groups is 2. The van der Waals surface area contributed by atoms with Crippen molar-refractivity contribution in [3.05, 3.63) is 16.6 Å². The summed E-state index contributed by atoms with van der Waals surface area (Å²) in [6.07, 6.45) is 1.41. The molecular weight excluding hydrogens is 269 g/mol. The Balaban J connectivity index is 2.53. The number of hydrogen-bond acceptors (Lipinski definition) is 4. The van der Waals surface area contributed by atoms with Crippen LogP contribution < -0.4 is 5.32 Å². The summed E-state index contributed by atoms with van der Waals surface area (Å²) in [6, 6.07) is 0. The van der Waals surface area contributed by atoms with Gasteiger partial charge in [0.05, 0.1) is 0 Å². The molecule has 0 aliphatic heterocycles. The lowest BCUT2D eigenvalue weighted by Gasteiger charge is -2.06. The van der Waals surface area contributed by atoms with Gasteiger partial charge < -0.3 is 10.4 Å². The van der Waals surface area contributed by atoms with Crippen LogP contribution in [0.4, 0.5) is 5.69 Å². The van der Waals surface area contributed by atoms with E-state index in [2.05, 4.69) is 15.3 Å². The second-order valence-electron chi connectivity index (χ2n) is 3.13. The number of carbonyl (C=O) groups excluding carboxylic acids is 1. The van der Waals surface area contributed by atoms with Gasteiger partial charge in [-0.05, 0) is 6.42 Å². The fourth-order valence-electron chi connectivity index (χ4n) is 1.05. The molecule has 1 aromatic heterocycles. The molecule has 0 aliphatic carbocycles. The fraction of sp³-hybridized carbons (Fsp3) is 0.333. The molecule has 0 bridgehead atoms. The Labute approximate surface area is 107 Å². The van der Waals surface area contributed by atoms with Gasteiger partial charge in [-0.15, -0.1) is 0 Å². The van der Waals surface area contributed by atoms with Gasteiger partial charge in [-0.1, -0.05) is 23.2 Å². The van der Waals surface area contributed by atoms with Crippen LogP contribution in [-0.2, 0) is 9.59 Å². The summed E-state index contributed by atoms with van der Waals surface area (Å²) in [7, 11) is 0. The Morgan fingerprint density at radius 2 is 1.82 bits per heavy atom. The van der Waals surface area contributed by atoms with E-state index in [1.54, 1.807) is 0 Å². The molecule has 0 spiro atoms. The zero-order chi connectivity index (χ0) is 12.8. The lowest BCUT2D eigenvalue weighted by molar-refractivity contribution is -0.137. The predicted octanol–water partition coefficient (Wildman–Crippen LogP) is 1.98. The fourth-order valence-corrected chi connectivity index (χ4v) is 1.46. The van der Waals surface area contributed by atoms with E-state index in [0.717, 1.165) is 0 Å². The highest BCUT2D eigenvalue weighted by atomic mass is 35.5. The Morgan fingerprint density at radius 3 is 2.35 bits per heavy atom. The van der Waals surface area contributed by atoms with E-state index >= 15 is 0 Å². The predicted molar refractivity (Wildman–Crippen MR) is 62.2 cm³/mol. The van der Waals surface area contributed by atoms with Gasteiger partial charge in [0.15, 0.2) is 10.3 Å². The van der Waals surface area contributed by atoms with Gasteiger partial charge in [-0.2, -0.15) is 0 Å². The molecule has 92 valence electrons. The zero-order valence-electron chi connectivity index (χ0n) is 8.61. The molecule has 1 heterocycles. The molecule has 1 amide bonds. The number of halogens is 2. The molecule has 0 atom stereocenters. The van der Waals surface area contributed by atoms with Crippen LogP contribution in [0.1, 0.15) is 19.3 Å². The van der Waals surface area contributed by atoms with E-state index in [9.17, 15) is 9.59 Å². The molecular formula is C9H9Cl2N3O3. The average molecular weight is 278 g/mol. The van der Waals surface area contributed by atoms with E-state index in [0.29, 0.717) is 0 Å². The van der Waals surface area contributed by atoms with Gasteiger partial charge in [0.1, 0.15) is 12.0 Å². The van der Waals surface area contributed by atoms with E-state index < -0.39 is 5.97 Å². The highest BCUT2D eigenvalue weighted by Gasteiger charge is 2.11. The van der Waals surface area contributed by atoms with Gasteiger partial charge >= 0.3 is 5.97 Å². The second-order valence-corrected chi connectivity index (χ2v) is 3.84. The first-order valence-electron chi connectivity index (χ1n) is 4.68. The number of carboxylic acids is 1. The van der Waals surface area contributed by atoms with Crippen LogP contribution in [0.25, 0.3) is 0 Å².